The molecule has 1 aromatic carbocycles. The standard InChI is InChI=1S/C20H24N2O2/c1-3-13-10-12-11-14(19(23)24-2)17-20(8-9-22(13)18(12)20)15-6-4-5-7-16(15)21-17/h4-7,12-13,18,21H,3,8-11H2,1-2H3/t12-,13+,18-,20-/m0/s1. The van der Waals surface area contributed by atoms with Gasteiger partial charge >= 0.3 is 5.97 Å². The lowest BCUT2D eigenvalue weighted by Gasteiger charge is -2.41. The van der Waals surface area contributed by atoms with E-state index < -0.39 is 0 Å². The molecule has 4 atom stereocenters. The third kappa shape index (κ3) is 1.55. The van der Waals surface area contributed by atoms with Gasteiger partial charge in [0.05, 0.1) is 18.1 Å². The molecular weight excluding hydrogens is 300 g/mol. The normalized spacial score (nSPS) is 36.2. The first-order valence-corrected chi connectivity index (χ1v) is 9.15. The Balaban J connectivity index is 1.75. The minimum absolute atomic E-state index is 0.0348. The summed E-state index contributed by atoms with van der Waals surface area (Å²) in [6.07, 6.45) is 4.35. The number of benzene rings is 1. The van der Waals surface area contributed by atoms with Crippen molar-refractivity contribution in [1.82, 2.24) is 4.90 Å². The number of anilines is 1. The number of nitrogens with zero attached hydrogens (tertiary/aromatic N) is 1. The van der Waals surface area contributed by atoms with E-state index in [0.29, 0.717) is 18.0 Å². The van der Waals surface area contributed by atoms with Gasteiger partial charge in [-0.05, 0) is 43.2 Å². The Morgan fingerprint density at radius 2 is 2.25 bits per heavy atom. The fourth-order valence-electron chi connectivity index (χ4n) is 6.11. The van der Waals surface area contributed by atoms with Gasteiger partial charge in [0.1, 0.15) is 0 Å². The van der Waals surface area contributed by atoms with Crippen LogP contribution < -0.4 is 5.32 Å². The van der Waals surface area contributed by atoms with Crippen LogP contribution in [0.15, 0.2) is 35.5 Å². The quantitative estimate of drug-likeness (QED) is 0.849. The lowest BCUT2D eigenvalue weighted by atomic mass is 9.63. The zero-order valence-corrected chi connectivity index (χ0v) is 14.3. The highest BCUT2D eigenvalue weighted by Gasteiger charge is 2.64. The first-order valence-electron chi connectivity index (χ1n) is 9.15. The van der Waals surface area contributed by atoms with Gasteiger partial charge in [-0.1, -0.05) is 25.1 Å². The second-order valence-electron chi connectivity index (χ2n) is 7.68. The molecule has 3 heterocycles. The number of rotatable bonds is 2. The van der Waals surface area contributed by atoms with Crippen LogP contribution in [0.5, 0.6) is 0 Å². The summed E-state index contributed by atoms with van der Waals surface area (Å²) in [6, 6.07) is 9.80. The number of nitrogens with one attached hydrogen (secondary N) is 1. The minimum Gasteiger partial charge on any atom is -0.466 e. The summed E-state index contributed by atoms with van der Waals surface area (Å²) in [5.41, 5.74) is 4.55. The third-order valence-corrected chi connectivity index (χ3v) is 6.90. The lowest BCUT2D eigenvalue weighted by Crippen LogP contribution is -2.48. The number of hydrogen-bond donors (Lipinski definition) is 1. The molecule has 2 saturated heterocycles. The first-order chi connectivity index (χ1) is 11.7. The van der Waals surface area contributed by atoms with E-state index >= 15 is 0 Å². The molecule has 0 bridgehead atoms. The number of fused-ring (bicyclic) bond motifs is 1. The second kappa shape index (κ2) is 4.85. The summed E-state index contributed by atoms with van der Waals surface area (Å²) in [4.78, 5) is 15.3. The van der Waals surface area contributed by atoms with Crippen LogP contribution in [-0.4, -0.2) is 36.6 Å². The molecule has 3 aliphatic heterocycles. The maximum absolute atomic E-state index is 12.5. The number of carbonyl (C=O) groups excluding carboxylic acids is 1. The molecular formula is C20H24N2O2. The van der Waals surface area contributed by atoms with Crippen molar-refractivity contribution >= 4 is 11.7 Å². The Hall–Kier alpha value is -1.81. The average molecular weight is 324 g/mol. The molecule has 4 nitrogen and oxygen atoms in total. The summed E-state index contributed by atoms with van der Waals surface area (Å²) in [5, 5.41) is 3.62. The third-order valence-electron chi connectivity index (χ3n) is 6.90. The Kier molecular flexibility index (Phi) is 2.94. The Labute approximate surface area is 142 Å². The van der Waals surface area contributed by atoms with Crippen LogP contribution in [0.4, 0.5) is 5.69 Å². The molecule has 24 heavy (non-hydrogen) atoms. The topological polar surface area (TPSA) is 41.6 Å². The summed E-state index contributed by atoms with van der Waals surface area (Å²) in [6.45, 7) is 3.43. The van der Waals surface area contributed by atoms with Crippen LogP contribution in [0.25, 0.3) is 0 Å². The zero-order valence-electron chi connectivity index (χ0n) is 14.3. The first kappa shape index (κ1) is 14.5. The summed E-state index contributed by atoms with van der Waals surface area (Å²) < 4.78 is 5.15. The van der Waals surface area contributed by atoms with Crippen molar-refractivity contribution in [3.05, 3.63) is 41.1 Å². The second-order valence-corrected chi connectivity index (χ2v) is 7.68. The smallest absolute Gasteiger partial charge is 0.335 e. The van der Waals surface area contributed by atoms with Crippen LogP contribution in [0.2, 0.25) is 0 Å². The number of para-hydroxylation sites is 1. The van der Waals surface area contributed by atoms with Gasteiger partial charge in [-0.3, -0.25) is 4.90 Å². The number of methoxy groups -OCH3 is 1. The minimum atomic E-state index is -0.151. The molecule has 1 aromatic rings. The van der Waals surface area contributed by atoms with E-state index in [1.807, 2.05) is 0 Å². The fraction of sp³-hybridized carbons (Fsp3) is 0.550. The predicted octanol–water partition coefficient (Wildman–Crippen LogP) is 3.05. The SMILES string of the molecule is CC[C@@H]1C[C@H]2CC(C(=O)OC)=C3Nc4ccccc4[C@@]34CCN1[C@@H]24. The van der Waals surface area contributed by atoms with E-state index in [9.17, 15) is 4.79 Å². The van der Waals surface area contributed by atoms with Crippen molar-refractivity contribution in [2.24, 2.45) is 5.92 Å². The van der Waals surface area contributed by atoms with Gasteiger partial charge in [0, 0.05) is 30.0 Å². The Morgan fingerprint density at radius 3 is 3.04 bits per heavy atom. The molecule has 2 fully saturated rings. The van der Waals surface area contributed by atoms with E-state index in [4.69, 9.17) is 4.74 Å². The summed E-state index contributed by atoms with van der Waals surface area (Å²) in [5.74, 6) is 0.407. The summed E-state index contributed by atoms with van der Waals surface area (Å²) >= 11 is 0. The van der Waals surface area contributed by atoms with Gasteiger partial charge in [0.2, 0.25) is 0 Å². The van der Waals surface area contributed by atoms with Gasteiger partial charge < -0.3 is 10.1 Å². The van der Waals surface area contributed by atoms with Gasteiger partial charge in [-0.15, -0.1) is 0 Å². The number of carbonyl (C=O) groups is 1. The van der Waals surface area contributed by atoms with Crippen molar-refractivity contribution in [2.45, 2.75) is 50.1 Å². The molecule has 4 heteroatoms. The molecule has 0 saturated carbocycles. The van der Waals surface area contributed by atoms with Crippen molar-refractivity contribution in [1.29, 1.82) is 0 Å². The zero-order chi connectivity index (χ0) is 16.5. The van der Waals surface area contributed by atoms with Gasteiger partial charge in [-0.25, -0.2) is 4.79 Å². The molecule has 1 N–H and O–H groups in total. The Morgan fingerprint density at radius 1 is 1.42 bits per heavy atom. The largest absolute Gasteiger partial charge is 0.466 e. The monoisotopic (exact) mass is 324 g/mol. The summed E-state index contributed by atoms with van der Waals surface area (Å²) in [7, 11) is 1.50. The van der Waals surface area contributed by atoms with Crippen LogP contribution in [0.3, 0.4) is 0 Å². The molecule has 126 valence electrons. The number of ether oxygens (including phenoxy) is 1. The lowest BCUT2D eigenvalue weighted by molar-refractivity contribution is -0.136. The molecule has 1 spiro atoms. The van der Waals surface area contributed by atoms with Crippen molar-refractivity contribution < 1.29 is 9.53 Å². The molecule has 0 radical (unpaired) electrons. The maximum Gasteiger partial charge on any atom is 0.335 e. The fourth-order valence-corrected chi connectivity index (χ4v) is 6.11. The molecule has 0 amide bonds. The van der Waals surface area contributed by atoms with Crippen LogP contribution >= 0.6 is 0 Å². The van der Waals surface area contributed by atoms with Gasteiger partial charge in [0.15, 0.2) is 0 Å². The molecule has 0 aromatic heterocycles. The van der Waals surface area contributed by atoms with Gasteiger partial charge in [-0.2, -0.15) is 0 Å². The molecule has 5 rings (SSSR count). The van der Waals surface area contributed by atoms with E-state index in [2.05, 4.69) is 41.4 Å². The highest BCUT2D eigenvalue weighted by molar-refractivity contribution is 5.93. The van der Waals surface area contributed by atoms with E-state index in [0.717, 1.165) is 30.7 Å². The van der Waals surface area contributed by atoms with Crippen molar-refractivity contribution in [3.63, 3.8) is 0 Å². The van der Waals surface area contributed by atoms with Crippen LogP contribution in [0, 0.1) is 5.92 Å². The van der Waals surface area contributed by atoms with Gasteiger partial charge in [0.25, 0.3) is 0 Å². The van der Waals surface area contributed by atoms with Crippen molar-refractivity contribution in [3.8, 4) is 0 Å². The molecule has 0 unspecified atom stereocenters. The molecule has 4 aliphatic rings. The predicted molar refractivity (Wildman–Crippen MR) is 92.7 cm³/mol. The van der Waals surface area contributed by atoms with E-state index in [-0.39, 0.29) is 11.4 Å². The highest BCUT2D eigenvalue weighted by Crippen LogP contribution is 2.62. The maximum atomic E-state index is 12.5. The molecule has 1 aliphatic carbocycles. The van der Waals surface area contributed by atoms with Crippen LogP contribution in [0.1, 0.15) is 38.2 Å². The van der Waals surface area contributed by atoms with Crippen molar-refractivity contribution in [2.75, 3.05) is 19.0 Å². The number of esters is 1. The van der Waals surface area contributed by atoms with Crippen LogP contribution in [-0.2, 0) is 14.9 Å². The Bertz CT molecular complexity index is 756. The average Bonchev–Trinajstić information content (AvgIpc) is 3.27. The van der Waals surface area contributed by atoms with E-state index in [1.165, 1.54) is 31.2 Å². The van der Waals surface area contributed by atoms with E-state index in [1.54, 1.807) is 0 Å². The highest BCUT2D eigenvalue weighted by atomic mass is 16.5. The number of hydrogen-bond acceptors (Lipinski definition) is 4.